The minimum Gasteiger partial charge on any atom is -0.382 e. The van der Waals surface area contributed by atoms with Crippen molar-refractivity contribution < 1.29 is 0 Å². The Bertz CT molecular complexity index is 929. The lowest BCUT2D eigenvalue weighted by molar-refractivity contribution is 0.603. The number of rotatable bonds is 8. The third kappa shape index (κ3) is 4.13. The van der Waals surface area contributed by atoms with Crippen molar-refractivity contribution in [2.45, 2.75) is 57.4 Å². The fourth-order valence-electron chi connectivity index (χ4n) is 3.60. The molecule has 27 heavy (non-hydrogen) atoms. The van der Waals surface area contributed by atoms with E-state index in [1.165, 1.54) is 41.1 Å². The second kappa shape index (κ2) is 7.93. The molecule has 3 aromatic rings. The molecule has 142 valence electrons. The third-order valence-electron chi connectivity index (χ3n) is 5.43. The van der Waals surface area contributed by atoms with Gasteiger partial charge in [0.25, 0.3) is 0 Å². The van der Waals surface area contributed by atoms with Crippen LogP contribution in [-0.4, -0.2) is 20.3 Å². The van der Waals surface area contributed by atoms with Gasteiger partial charge in [0.15, 0.2) is 5.82 Å². The van der Waals surface area contributed by atoms with Crippen molar-refractivity contribution in [2.75, 3.05) is 11.5 Å². The molecule has 4 nitrogen and oxygen atoms in total. The maximum absolute atomic E-state index is 6.21. The molecule has 2 heterocycles. The van der Waals surface area contributed by atoms with Crippen molar-refractivity contribution >= 4 is 28.6 Å². The molecule has 1 aromatic carbocycles. The number of fused-ring (bicyclic) bond motifs is 1. The Morgan fingerprint density at radius 2 is 1.89 bits per heavy atom. The lowest BCUT2D eigenvalue weighted by Gasteiger charge is -2.12. The van der Waals surface area contributed by atoms with E-state index < -0.39 is 0 Å². The number of nitrogen functional groups attached to an aromatic ring is 1. The molecule has 0 spiro atoms. The van der Waals surface area contributed by atoms with Gasteiger partial charge in [-0.1, -0.05) is 18.2 Å². The van der Waals surface area contributed by atoms with Crippen molar-refractivity contribution in [1.82, 2.24) is 14.5 Å². The molecule has 0 unspecified atom stereocenters. The number of imidazole rings is 1. The van der Waals surface area contributed by atoms with Crippen molar-refractivity contribution in [3.63, 3.8) is 0 Å². The Kier molecular flexibility index (Phi) is 5.39. The Balaban J connectivity index is 1.49. The van der Waals surface area contributed by atoms with Crippen LogP contribution in [0.25, 0.3) is 11.0 Å². The highest BCUT2D eigenvalue weighted by Crippen LogP contribution is 2.35. The van der Waals surface area contributed by atoms with E-state index in [4.69, 9.17) is 10.7 Å². The summed E-state index contributed by atoms with van der Waals surface area (Å²) in [5.74, 6) is 3.73. The first-order valence-electron chi connectivity index (χ1n) is 9.93. The average Bonchev–Trinajstić information content (AvgIpc) is 3.41. The Morgan fingerprint density at radius 1 is 1.11 bits per heavy atom. The van der Waals surface area contributed by atoms with Gasteiger partial charge in [-0.05, 0) is 68.9 Å². The predicted octanol–water partition coefficient (Wildman–Crippen LogP) is 5.16. The molecule has 1 saturated carbocycles. The summed E-state index contributed by atoms with van der Waals surface area (Å²) in [6.07, 6.45) is 6.10. The summed E-state index contributed by atoms with van der Waals surface area (Å²) in [7, 11) is 0. The van der Waals surface area contributed by atoms with Gasteiger partial charge in [0.2, 0.25) is 0 Å². The van der Waals surface area contributed by atoms with Gasteiger partial charge in [-0.3, -0.25) is 0 Å². The van der Waals surface area contributed by atoms with Crippen LogP contribution in [0.1, 0.15) is 42.8 Å². The van der Waals surface area contributed by atoms with Gasteiger partial charge in [0.1, 0.15) is 11.3 Å². The zero-order chi connectivity index (χ0) is 18.8. The van der Waals surface area contributed by atoms with Crippen molar-refractivity contribution in [1.29, 1.82) is 0 Å². The normalized spacial score (nSPS) is 14.1. The van der Waals surface area contributed by atoms with Crippen molar-refractivity contribution in [3.05, 3.63) is 47.4 Å². The summed E-state index contributed by atoms with van der Waals surface area (Å²) in [4.78, 5) is 10.8. The van der Waals surface area contributed by atoms with Crippen molar-refractivity contribution in [2.24, 2.45) is 5.92 Å². The molecule has 0 aliphatic heterocycles. The minimum absolute atomic E-state index is 0.573. The van der Waals surface area contributed by atoms with Crippen LogP contribution in [0.2, 0.25) is 0 Å². The predicted molar refractivity (Wildman–Crippen MR) is 114 cm³/mol. The number of hydrogen-bond donors (Lipinski definition) is 1. The number of aryl methyl sites for hydroxylation is 3. The van der Waals surface area contributed by atoms with Crippen LogP contribution < -0.4 is 5.73 Å². The summed E-state index contributed by atoms with van der Waals surface area (Å²) < 4.78 is 2.43. The molecule has 2 N–H and O–H groups in total. The van der Waals surface area contributed by atoms with Crippen LogP contribution in [0.5, 0.6) is 0 Å². The first-order valence-corrected chi connectivity index (χ1v) is 10.9. The molecule has 0 atom stereocenters. The summed E-state index contributed by atoms with van der Waals surface area (Å²) in [6.45, 7) is 5.20. The maximum atomic E-state index is 6.21. The number of nitrogens with two attached hydrogens (primary N) is 1. The van der Waals surface area contributed by atoms with E-state index >= 15 is 0 Å². The Morgan fingerprint density at radius 3 is 2.63 bits per heavy atom. The number of hydrogen-bond acceptors (Lipinski definition) is 4. The standard InChI is InChI=1S/C22H28N4S/c1-15-16(2)24-22(23)20-21(15)26(19(25-20)14-17-10-11-17)12-6-7-13-27-18-8-4-3-5-9-18/h3-5,8-9,17H,6-7,10-14H2,1-2H3,(H2,23,24). The van der Waals surface area contributed by atoms with E-state index in [2.05, 4.69) is 46.8 Å². The molecule has 0 saturated heterocycles. The van der Waals surface area contributed by atoms with Gasteiger partial charge in [0.05, 0.1) is 5.52 Å². The van der Waals surface area contributed by atoms with Crippen LogP contribution in [-0.2, 0) is 13.0 Å². The largest absolute Gasteiger partial charge is 0.382 e. The molecule has 0 radical (unpaired) electrons. The van der Waals surface area contributed by atoms with Gasteiger partial charge in [-0.25, -0.2) is 9.97 Å². The van der Waals surface area contributed by atoms with Gasteiger partial charge >= 0.3 is 0 Å². The molecule has 4 rings (SSSR count). The molecule has 1 aliphatic carbocycles. The summed E-state index contributed by atoms with van der Waals surface area (Å²) in [5.41, 5.74) is 10.5. The van der Waals surface area contributed by atoms with Crippen LogP contribution >= 0.6 is 11.8 Å². The quantitative estimate of drug-likeness (QED) is 0.433. The average molecular weight is 381 g/mol. The fraction of sp³-hybridized carbons (Fsp3) is 0.455. The Hall–Kier alpha value is -2.01. The number of unbranched alkanes of at least 4 members (excludes halogenated alkanes) is 1. The second-order valence-corrected chi connectivity index (χ2v) is 8.77. The molecule has 0 amide bonds. The zero-order valence-corrected chi connectivity index (χ0v) is 17.1. The monoisotopic (exact) mass is 380 g/mol. The van der Waals surface area contributed by atoms with E-state index in [9.17, 15) is 0 Å². The molecule has 0 bridgehead atoms. The highest BCUT2D eigenvalue weighted by Gasteiger charge is 2.26. The Labute approximate surface area is 165 Å². The maximum Gasteiger partial charge on any atom is 0.151 e. The smallest absolute Gasteiger partial charge is 0.151 e. The van der Waals surface area contributed by atoms with E-state index in [1.807, 2.05) is 18.7 Å². The summed E-state index contributed by atoms with van der Waals surface area (Å²) in [5, 5.41) is 0. The first kappa shape index (κ1) is 18.4. The second-order valence-electron chi connectivity index (χ2n) is 7.60. The fourth-order valence-corrected chi connectivity index (χ4v) is 4.54. The summed E-state index contributed by atoms with van der Waals surface area (Å²) >= 11 is 1.94. The number of thioether (sulfide) groups is 1. The number of pyridine rings is 1. The highest BCUT2D eigenvalue weighted by molar-refractivity contribution is 7.99. The minimum atomic E-state index is 0.573. The lowest BCUT2D eigenvalue weighted by atomic mass is 10.2. The van der Waals surface area contributed by atoms with E-state index in [1.54, 1.807) is 0 Å². The summed E-state index contributed by atoms with van der Waals surface area (Å²) in [6, 6.07) is 10.6. The van der Waals surface area contributed by atoms with Crippen LogP contribution in [0.4, 0.5) is 5.82 Å². The van der Waals surface area contributed by atoms with Crippen molar-refractivity contribution in [3.8, 4) is 0 Å². The molecule has 5 heteroatoms. The molecule has 1 aliphatic rings. The van der Waals surface area contributed by atoms with Crippen LogP contribution in [0, 0.1) is 19.8 Å². The van der Waals surface area contributed by atoms with Gasteiger partial charge in [-0.15, -0.1) is 11.8 Å². The van der Waals surface area contributed by atoms with Gasteiger partial charge in [-0.2, -0.15) is 0 Å². The first-order chi connectivity index (χ1) is 13.1. The molecule has 2 aromatic heterocycles. The van der Waals surface area contributed by atoms with E-state index in [0.717, 1.165) is 42.3 Å². The molecular weight excluding hydrogens is 352 g/mol. The highest BCUT2D eigenvalue weighted by atomic mass is 32.2. The lowest BCUT2D eigenvalue weighted by Crippen LogP contribution is -2.07. The SMILES string of the molecule is Cc1nc(N)c2nc(CC3CC3)n(CCCCSc3ccccc3)c2c1C. The molecular formula is C22H28N4S. The zero-order valence-electron chi connectivity index (χ0n) is 16.2. The van der Waals surface area contributed by atoms with Gasteiger partial charge in [0, 0.05) is 23.6 Å². The van der Waals surface area contributed by atoms with Crippen LogP contribution in [0.3, 0.4) is 0 Å². The number of anilines is 1. The number of nitrogens with zero attached hydrogens (tertiary/aromatic N) is 3. The van der Waals surface area contributed by atoms with Gasteiger partial charge < -0.3 is 10.3 Å². The molecule has 1 fully saturated rings. The van der Waals surface area contributed by atoms with E-state index in [-0.39, 0.29) is 0 Å². The van der Waals surface area contributed by atoms with E-state index in [0.29, 0.717) is 5.82 Å². The number of benzene rings is 1. The van der Waals surface area contributed by atoms with Crippen LogP contribution in [0.15, 0.2) is 35.2 Å². The third-order valence-corrected chi connectivity index (χ3v) is 6.53. The number of aromatic nitrogens is 3. The topological polar surface area (TPSA) is 56.7 Å².